The Labute approximate surface area is 94.0 Å². The summed E-state index contributed by atoms with van der Waals surface area (Å²) in [6.07, 6.45) is 0. The molecule has 15 heavy (non-hydrogen) atoms. The van der Waals surface area contributed by atoms with Gasteiger partial charge in [-0.1, -0.05) is 23.9 Å². The minimum absolute atomic E-state index is 0.369. The van der Waals surface area contributed by atoms with Crippen LogP contribution in [0, 0.1) is 23.2 Å². The van der Waals surface area contributed by atoms with E-state index in [1.165, 1.54) is 0 Å². The second-order valence-electron chi connectivity index (χ2n) is 2.85. The first-order chi connectivity index (χ1) is 7.79. The smallest absolute Gasteiger partial charge is 0.100 e. The quantitative estimate of drug-likeness (QED) is 0.613. The molecular formula is C13H7NS. The Kier molecular flexibility index (Phi) is 2.47. The lowest BCUT2D eigenvalue weighted by molar-refractivity contribution is 1.47. The molecule has 0 atom stereocenters. The molecule has 1 aromatic heterocycles. The molecule has 0 aliphatic rings. The molecule has 0 radical (unpaired) electrons. The molecule has 2 heteroatoms. The van der Waals surface area contributed by atoms with Crippen molar-refractivity contribution < 1.29 is 1.37 Å². The number of thiophene rings is 1. The van der Waals surface area contributed by atoms with Crippen molar-refractivity contribution in [2.45, 2.75) is 0 Å². The van der Waals surface area contributed by atoms with E-state index in [1.54, 1.807) is 29.5 Å². The van der Waals surface area contributed by atoms with Gasteiger partial charge in [0.15, 0.2) is 0 Å². The molecule has 0 amide bonds. The summed E-state index contributed by atoms with van der Waals surface area (Å²) in [6, 6.07) is 9.19. The predicted octanol–water partition coefficient (Wildman–Crippen LogP) is 3.02. The van der Waals surface area contributed by atoms with Crippen molar-refractivity contribution in [1.82, 2.24) is 0 Å². The van der Waals surface area contributed by atoms with Gasteiger partial charge in [0, 0.05) is 16.5 Å². The third kappa shape index (κ3) is 2.26. The number of nitriles is 1. The molecule has 2 rings (SSSR count). The van der Waals surface area contributed by atoms with Gasteiger partial charge in [-0.25, -0.2) is 0 Å². The molecule has 70 valence electrons. The number of rotatable bonds is 0. The minimum Gasteiger partial charge on any atom is -0.192 e. The zero-order valence-corrected chi connectivity index (χ0v) is 8.64. The Morgan fingerprint density at radius 1 is 1.20 bits per heavy atom. The van der Waals surface area contributed by atoms with Gasteiger partial charge in [0.2, 0.25) is 0 Å². The lowest BCUT2D eigenvalue weighted by Gasteiger charge is -1.91. The van der Waals surface area contributed by atoms with E-state index >= 15 is 0 Å². The molecule has 0 aliphatic carbocycles. The minimum atomic E-state index is 0.369. The first kappa shape index (κ1) is 8.29. The van der Waals surface area contributed by atoms with Crippen LogP contribution in [0.4, 0.5) is 0 Å². The SMILES string of the molecule is [2H]c1ccc(C#N)c(C#Cc2ccsc2)c1. The van der Waals surface area contributed by atoms with Crippen LogP contribution in [0.25, 0.3) is 0 Å². The summed E-state index contributed by atoms with van der Waals surface area (Å²) in [5.74, 6) is 5.89. The Bertz CT molecular complexity index is 597. The molecule has 0 fully saturated rings. The van der Waals surface area contributed by atoms with Crippen LogP contribution in [0.1, 0.15) is 18.1 Å². The summed E-state index contributed by atoms with van der Waals surface area (Å²) in [6.45, 7) is 0. The standard InChI is InChI=1S/C13H7NS/c14-9-13-4-2-1-3-12(13)6-5-11-7-8-15-10-11/h1-4,7-8,10H/i1D. The summed E-state index contributed by atoms with van der Waals surface area (Å²) in [7, 11) is 0. The van der Waals surface area contributed by atoms with E-state index in [0.29, 0.717) is 17.2 Å². The van der Waals surface area contributed by atoms with Crippen LogP contribution < -0.4 is 0 Å². The highest BCUT2D eigenvalue weighted by Crippen LogP contribution is 2.07. The first-order valence-electron chi connectivity index (χ1n) is 4.84. The van der Waals surface area contributed by atoms with Gasteiger partial charge in [-0.2, -0.15) is 16.6 Å². The summed E-state index contributed by atoms with van der Waals surface area (Å²) in [5, 5.41) is 12.8. The van der Waals surface area contributed by atoms with E-state index in [4.69, 9.17) is 6.63 Å². The summed E-state index contributed by atoms with van der Waals surface area (Å²) in [5.41, 5.74) is 2.06. The van der Waals surface area contributed by atoms with Crippen LogP contribution >= 0.6 is 11.3 Å². The summed E-state index contributed by atoms with van der Waals surface area (Å²) >= 11 is 1.58. The maximum Gasteiger partial charge on any atom is 0.100 e. The predicted molar refractivity (Wildman–Crippen MR) is 61.5 cm³/mol. The number of nitrogens with zero attached hydrogens (tertiary/aromatic N) is 1. The maximum atomic E-state index is 8.89. The van der Waals surface area contributed by atoms with Crippen molar-refractivity contribution >= 4 is 11.3 Å². The Morgan fingerprint density at radius 3 is 2.87 bits per heavy atom. The number of benzene rings is 1. The second-order valence-corrected chi connectivity index (χ2v) is 3.63. The van der Waals surface area contributed by atoms with Gasteiger partial charge in [-0.15, -0.1) is 0 Å². The summed E-state index contributed by atoms with van der Waals surface area (Å²) < 4.78 is 7.49. The van der Waals surface area contributed by atoms with E-state index in [0.717, 1.165) is 5.56 Å². The highest BCUT2D eigenvalue weighted by Gasteiger charge is 1.95. The molecule has 0 aliphatic heterocycles. The van der Waals surface area contributed by atoms with Crippen LogP contribution in [0.15, 0.2) is 41.1 Å². The van der Waals surface area contributed by atoms with Gasteiger partial charge >= 0.3 is 0 Å². The Morgan fingerprint density at radius 2 is 2.13 bits per heavy atom. The van der Waals surface area contributed by atoms with Crippen LogP contribution in [0.2, 0.25) is 0 Å². The third-order valence-electron chi connectivity index (χ3n) is 1.85. The Balaban J connectivity index is 2.41. The lowest BCUT2D eigenvalue weighted by Crippen LogP contribution is -1.81. The highest BCUT2D eigenvalue weighted by atomic mass is 32.1. The first-order valence-corrected chi connectivity index (χ1v) is 5.29. The molecule has 2 aromatic rings. The zero-order valence-electron chi connectivity index (χ0n) is 8.82. The average molecular weight is 210 g/mol. The van der Waals surface area contributed by atoms with Crippen LogP contribution in [-0.2, 0) is 0 Å². The topological polar surface area (TPSA) is 23.8 Å². The van der Waals surface area contributed by atoms with E-state index in [-0.39, 0.29) is 0 Å². The summed E-state index contributed by atoms with van der Waals surface area (Å²) in [4.78, 5) is 0. The molecule has 0 saturated carbocycles. The normalized spacial score (nSPS) is 9.67. The molecule has 0 unspecified atom stereocenters. The number of hydrogen-bond donors (Lipinski definition) is 0. The molecule has 1 heterocycles. The maximum absolute atomic E-state index is 8.89. The van der Waals surface area contributed by atoms with Gasteiger partial charge in [-0.05, 0) is 23.6 Å². The van der Waals surface area contributed by atoms with Crippen LogP contribution in [0.5, 0.6) is 0 Å². The monoisotopic (exact) mass is 210 g/mol. The molecule has 1 nitrogen and oxygen atoms in total. The van der Waals surface area contributed by atoms with Crippen LogP contribution in [-0.4, -0.2) is 0 Å². The molecule has 0 N–H and O–H groups in total. The van der Waals surface area contributed by atoms with Gasteiger partial charge in [0.1, 0.15) is 6.07 Å². The lowest BCUT2D eigenvalue weighted by atomic mass is 10.1. The van der Waals surface area contributed by atoms with E-state index in [1.807, 2.05) is 16.8 Å². The van der Waals surface area contributed by atoms with E-state index < -0.39 is 0 Å². The fourth-order valence-corrected chi connectivity index (χ4v) is 1.69. The fourth-order valence-electron chi connectivity index (χ4n) is 1.11. The average Bonchev–Trinajstić information content (AvgIpc) is 2.79. The highest BCUT2D eigenvalue weighted by molar-refractivity contribution is 7.08. The second kappa shape index (κ2) is 4.46. The number of hydrogen-bond acceptors (Lipinski definition) is 2. The van der Waals surface area contributed by atoms with Crippen molar-refractivity contribution in [3.05, 3.63) is 57.8 Å². The van der Waals surface area contributed by atoms with Crippen molar-refractivity contribution in [2.75, 3.05) is 0 Å². The van der Waals surface area contributed by atoms with E-state index in [2.05, 4.69) is 17.9 Å². The van der Waals surface area contributed by atoms with Crippen LogP contribution in [0.3, 0.4) is 0 Å². The van der Waals surface area contributed by atoms with Crippen molar-refractivity contribution in [1.29, 1.82) is 5.26 Å². The van der Waals surface area contributed by atoms with Gasteiger partial charge in [0.05, 0.1) is 6.93 Å². The zero-order chi connectivity index (χ0) is 11.4. The molecule has 1 aromatic carbocycles. The third-order valence-corrected chi connectivity index (χ3v) is 2.53. The molecule has 0 saturated heterocycles. The molecular weight excluding hydrogens is 202 g/mol. The van der Waals surface area contributed by atoms with Gasteiger partial charge < -0.3 is 0 Å². The van der Waals surface area contributed by atoms with Crippen molar-refractivity contribution in [2.24, 2.45) is 0 Å². The van der Waals surface area contributed by atoms with Gasteiger partial charge in [-0.3, -0.25) is 0 Å². The van der Waals surface area contributed by atoms with Gasteiger partial charge in [0.25, 0.3) is 0 Å². The Hall–Kier alpha value is -2.03. The molecule has 0 spiro atoms. The fraction of sp³-hybridized carbons (Fsp3) is 0. The van der Waals surface area contributed by atoms with Crippen molar-refractivity contribution in [3.8, 4) is 17.9 Å². The molecule has 0 bridgehead atoms. The van der Waals surface area contributed by atoms with E-state index in [9.17, 15) is 0 Å². The van der Waals surface area contributed by atoms with Crippen molar-refractivity contribution in [3.63, 3.8) is 0 Å². The largest absolute Gasteiger partial charge is 0.192 e.